The van der Waals surface area contributed by atoms with Crippen molar-refractivity contribution in [2.45, 2.75) is 31.5 Å². The number of carbonyl (C=O) groups is 2. The fraction of sp³-hybridized carbons (Fsp3) is 0.250. The first-order valence-corrected chi connectivity index (χ1v) is 13.0. The topological polar surface area (TPSA) is 77.1 Å². The van der Waals surface area contributed by atoms with Crippen LogP contribution < -0.4 is 19.5 Å². The molecule has 0 aliphatic carbocycles. The normalized spacial score (nSPS) is 15.7. The predicted octanol–water partition coefficient (Wildman–Crippen LogP) is 5.26. The zero-order chi connectivity index (χ0) is 27.4. The van der Waals surface area contributed by atoms with Crippen molar-refractivity contribution in [2.24, 2.45) is 0 Å². The Kier molecular flexibility index (Phi) is 7.68. The second kappa shape index (κ2) is 11.5. The number of methoxy groups -OCH3 is 3. The molecule has 4 aromatic rings. The Hall–Kier alpha value is -4.52. The molecule has 1 aliphatic heterocycles. The number of fused-ring (bicyclic) bond motifs is 1. The van der Waals surface area contributed by atoms with Crippen LogP contribution in [0.5, 0.6) is 17.2 Å². The molecule has 1 heterocycles. The average molecular weight is 525 g/mol. The molecule has 39 heavy (non-hydrogen) atoms. The molecule has 0 aromatic heterocycles. The van der Waals surface area contributed by atoms with E-state index in [1.165, 1.54) is 0 Å². The fourth-order valence-electron chi connectivity index (χ4n) is 5.42. The number of rotatable bonds is 9. The van der Waals surface area contributed by atoms with Crippen LogP contribution in [0.2, 0.25) is 0 Å². The van der Waals surface area contributed by atoms with Gasteiger partial charge in [0.1, 0.15) is 6.04 Å². The highest BCUT2D eigenvalue weighted by Crippen LogP contribution is 2.45. The van der Waals surface area contributed by atoms with Gasteiger partial charge in [-0.15, -0.1) is 0 Å². The molecule has 7 heteroatoms. The Labute approximate surface area is 228 Å². The summed E-state index contributed by atoms with van der Waals surface area (Å²) < 4.78 is 16.9. The molecule has 5 rings (SSSR count). The van der Waals surface area contributed by atoms with Crippen LogP contribution in [0.25, 0.3) is 10.8 Å². The number of likely N-dealkylation sites (tertiary alicyclic amines) is 1. The minimum absolute atomic E-state index is 0.0819. The van der Waals surface area contributed by atoms with Crippen molar-refractivity contribution in [1.29, 1.82) is 0 Å². The van der Waals surface area contributed by atoms with Gasteiger partial charge in [-0.3, -0.25) is 9.59 Å². The van der Waals surface area contributed by atoms with E-state index in [2.05, 4.69) is 5.32 Å². The first kappa shape index (κ1) is 26.1. The van der Waals surface area contributed by atoms with Crippen LogP contribution in [-0.2, 0) is 16.1 Å². The number of carbonyl (C=O) groups excluding carboxylic acids is 2. The van der Waals surface area contributed by atoms with E-state index >= 15 is 0 Å². The number of amides is 2. The molecule has 1 N–H and O–H groups in total. The molecule has 0 radical (unpaired) electrons. The lowest BCUT2D eigenvalue weighted by Crippen LogP contribution is -2.46. The highest BCUT2D eigenvalue weighted by atomic mass is 16.5. The lowest BCUT2D eigenvalue weighted by Gasteiger charge is -2.34. The smallest absolute Gasteiger partial charge is 0.243 e. The fourth-order valence-corrected chi connectivity index (χ4v) is 5.42. The van der Waals surface area contributed by atoms with Gasteiger partial charge in [-0.2, -0.15) is 0 Å². The second-order valence-electron chi connectivity index (χ2n) is 9.49. The van der Waals surface area contributed by atoms with Gasteiger partial charge in [0.05, 0.1) is 27.4 Å². The van der Waals surface area contributed by atoms with Crippen molar-refractivity contribution in [3.8, 4) is 17.2 Å². The van der Waals surface area contributed by atoms with E-state index in [0.29, 0.717) is 30.2 Å². The highest BCUT2D eigenvalue weighted by Gasteiger charge is 2.42. The van der Waals surface area contributed by atoms with Gasteiger partial charge in [0.15, 0.2) is 11.5 Å². The molecule has 7 nitrogen and oxygen atoms in total. The van der Waals surface area contributed by atoms with Gasteiger partial charge in [-0.25, -0.2) is 0 Å². The van der Waals surface area contributed by atoms with Crippen molar-refractivity contribution in [3.05, 3.63) is 102 Å². The molecule has 2 atom stereocenters. The maximum Gasteiger partial charge on any atom is 0.243 e. The summed E-state index contributed by atoms with van der Waals surface area (Å²) in [6, 6.07) is 26.4. The molecule has 1 aliphatic rings. The van der Waals surface area contributed by atoms with Crippen molar-refractivity contribution < 1.29 is 23.8 Å². The van der Waals surface area contributed by atoms with Gasteiger partial charge >= 0.3 is 0 Å². The predicted molar refractivity (Wildman–Crippen MR) is 150 cm³/mol. The molecular weight excluding hydrogens is 492 g/mol. The quantitative estimate of drug-likeness (QED) is 0.323. The summed E-state index contributed by atoms with van der Waals surface area (Å²) in [5, 5.41) is 5.09. The molecule has 2 unspecified atom stereocenters. The average Bonchev–Trinajstić information content (AvgIpc) is 3.36. The molecule has 1 fully saturated rings. The summed E-state index contributed by atoms with van der Waals surface area (Å²) in [6.07, 6.45) is 0.722. The van der Waals surface area contributed by atoms with Crippen molar-refractivity contribution in [2.75, 3.05) is 21.3 Å². The minimum atomic E-state index is -0.635. The second-order valence-corrected chi connectivity index (χ2v) is 9.49. The maximum absolute atomic E-state index is 13.6. The zero-order valence-electron chi connectivity index (χ0n) is 22.3. The molecule has 2 amide bonds. The van der Waals surface area contributed by atoms with Gasteiger partial charge in [0.25, 0.3) is 0 Å². The number of nitrogens with zero attached hydrogens (tertiary/aromatic N) is 1. The Morgan fingerprint density at radius 2 is 1.56 bits per heavy atom. The minimum Gasteiger partial charge on any atom is -0.493 e. The lowest BCUT2D eigenvalue weighted by atomic mass is 9.91. The van der Waals surface area contributed by atoms with Crippen LogP contribution >= 0.6 is 0 Å². The van der Waals surface area contributed by atoms with E-state index in [4.69, 9.17) is 14.2 Å². The van der Waals surface area contributed by atoms with Crippen LogP contribution in [-0.4, -0.2) is 44.1 Å². The number of hydrogen-bond acceptors (Lipinski definition) is 5. The molecule has 4 aromatic carbocycles. The molecule has 0 saturated carbocycles. The third kappa shape index (κ3) is 5.12. The monoisotopic (exact) mass is 524 g/mol. The summed E-state index contributed by atoms with van der Waals surface area (Å²) in [5.41, 5.74) is 2.67. The van der Waals surface area contributed by atoms with E-state index in [1.54, 1.807) is 26.2 Å². The van der Waals surface area contributed by atoms with Gasteiger partial charge in [0.2, 0.25) is 17.6 Å². The van der Waals surface area contributed by atoms with Crippen LogP contribution in [0.15, 0.2) is 84.9 Å². The van der Waals surface area contributed by atoms with Gasteiger partial charge in [0, 0.05) is 13.0 Å². The Balaban J connectivity index is 1.63. The number of nitrogens with one attached hydrogen (secondary N) is 1. The third-order valence-corrected chi connectivity index (χ3v) is 7.27. The Morgan fingerprint density at radius 3 is 2.26 bits per heavy atom. The summed E-state index contributed by atoms with van der Waals surface area (Å²) in [6.45, 7) is 0.390. The molecular formula is C32H32N2O5. The van der Waals surface area contributed by atoms with Crippen LogP contribution in [0.3, 0.4) is 0 Å². The van der Waals surface area contributed by atoms with Crippen LogP contribution in [0.1, 0.15) is 35.6 Å². The van der Waals surface area contributed by atoms with Crippen molar-refractivity contribution in [1.82, 2.24) is 10.2 Å². The van der Waals surface area contributed by atoms with Crippen LogP contribution in [0.4, 0.5) is 0 Å². The summed E-state index contributed by atoms with van der Waals surface area (Å²) in [5.74, 6) is 1.16. The first-order chi connectivity index (χ1) is 19.0. The van der Waals surface area contributed by atoms with Crippen molar-refractivity contribution in [3.63, 3.8) is 0 Å². The Bertz CT molecular complexity index is 1460. The molecule has 1 saturated heterocycles. The zero-order valence-corrected chi connectivity index (χ0v) is 22.3. The van der Waals surface area contributed by atoms with Gasteiger partial charge in [-0.05, 0) is 46.0 Å². The molecule has 0 bridgehead atoms. The molecule has 200 valence electrons. The maximum atomic E-state index is 13.6. The van der Waals surface area contributed by atoms with Crippen molar-refractivity contribution >= 4 is 22.6 Å². The summed E-state index contributed by atoms with van der Waals surface area (Å²) in [7, 11) is 4.68. The SMILES string of the molecule is COc1cc(C(c2cccc3ccccc23)N2C(=O)CCC2C(=O)NCc2ccccc2)cc(OC)c1OC. The lowest BCUT2D eigenvalue weighted by molar-refractivity contribution is -0.137. The van der Waals surface area contributed by atoms with E-state index in [1.807, 2.05) is 84.9 Å². The third-order valence-electron chi connectivity index (χ3n) is 7.27. The van der Waals surface area contributed by atoms with E-state index in [0.717, 1.165) is 27.5 Å². The van der Waals surface area contributed by atoms with Gasteiger partial charge in [-0.1, -0.05) is 72.8 Å². The number of hydrogen-bond donors (Lipinski definition) is 1. The number of ether oxygens (including phenoxy) is 3. The van der Waals surface area contributed by atoms with E-state index in [9.17, 15) is 9.59 Å². The standard InChI is InChI=1S/C32H32N2O5/c1-37-27-18-23(19-28(38-2)31(27)39-3)30(25-15-9-13-22-12-7-8-14-24(22)25)34-26(16-17-29(34)35)32(36)33-20-21-10-5-4-6-11-21/h4-15,18-19,26,30H,16-17,20H2,1-3H3,(H,33,36). The largest absolute Gasteiger partial charge is 0.493 e. The van der Waals surface area contributed by atoms with E-state index < -0.39 is 12.1 Å². The van der Waals surface area contributed by atoms with Crippen LogP contribution in [0, 0.1) is 0 Å². The first-order valence-electron chi connectivity index (χ1n) is 13.0. The summed E-state index contributed by atoms with van der Waals surface area (Å²) >= 11 is 0. The highest BCUT2D eigenvalue weighted by molar-refractivity contribution is 5.93. The Morgan fingerprint density at radius 1 is 0.897 bits per heavy atom. The number of benzene rings is 4. The summed E-state index contributed by atoms with van der Waals surface area (Å²) in [4.78, 5) is 28.9. The molecule has 0 spiro atoms. The van der Waals surface area contributed by atoms with Gasteiger partial charge < -0.3 is 24.4 Å². The van der Waals surface area contributed by atoms with E-state index in [-0.39, 0.29) is 18.2 Å².